The molecule has 2 aromatic heterocycles. The molecule has 0 amide bonds. The van der Waals surface area contributed by atoms with Crippen molar-refractivity contribution in [2.75, 3.05) is 52.3 Å². The third-order valence-corrected chi connectivity index (χ3v) is 7.47. The summed E-state index contributed by atoms with van der Waals surface area (Å²) in [4.78, 5) is 11.0. The Morgan fingerprint density at radius 3 is 2.38 bits per heavy atom. The van der Waals surface area contributed by atoms with Crippen LogP contribution in [0.15, 0.2) is 42.6 Å². The van der Waals surface area contributed by atoms with Gasteiger partial charge in [-0.25, -0.2) is 0 Å². The van der Waals surface area contributed by atoms with E-state index in [0.717, 1.165) is 31.2 Å². The van der Waals surface area contributed by atoms with Crippen molar-refractivity contribution in [3.63, 3.8) is 0 Å². The highest BCUT2D eigenvalue weighted by Crippen LogP contribution is 2.39. The Hall–Kier alpha value is -3.44. The van der Waals surface area contributed by atoms with Gasteiger partial charge in [0.15, 0.2) is 5.65 Å². The number of aromatic nitrogens is 4. The number of likely N-dealkylation sites (N-methyl/N-ethyl adjacent to an activating group) is 1. The van der Waals surface area contributed by atoms with E-state index in [0.29, 0.717) is 46.7 Å². The minimum Gasteiger partial charge on any atom is -0.493 e. The maximum absolute atomic E-state index is 14.0. The lowest BCUT2D eigenvalue weighted by Gasteiger charge is -2.42. The van der Waals surface area contributed by atoms with Crippen molar-refractivity contribution in [1.82, 2.24) is 29.4 Å². The van der Waals surface area contributed by atoms with Crippen LogP contribution in [0.4, 0.5) is 19.1 Å². The van der Waals surface area contributed by atoms with Gasteiger partial charge in [-0.1, -0.05) is 12.1 Å². The monoisotopic (exact) mass is 541 g/mol. The molecule has 208 valence electrons. The van der Waals surface area contributed by atoms with E-state index in [9.17, 15) is 13.2 Å². The van der Waals surface area contributed by atoms with Gasteiger partial charge in [0.25, 0.3) is 0 Å². The molecule has 2 aromatic carbocycles. The van der Waals surface area contributed by atoms with E-state index in [2.05, 4.69) is 45.9 Å². The van der Waals surface area contributed by atoms with Crippen LogP contribution < -0.4 is 9.64 Å². The fraction of sp³-hybridized carbons (Fsp3) is 0.464. The van der Waals surface area contributed by atoms with Crippen LogP contribution in [0.3, 0.4) is 0 Å². The zero-order valence-electron chi connectivity index (χ0n) is 22.9. The molecule has 8 nitrogen and oxygen atoms in total. The number of alkyl halides is 3. The quantitative estimate of drug-likeness (QED) is 0.311. The second kappa shape index (κ2) is 10.6. The highest BCUT2D eigenvalue weighted by atomic mass is 19.4. The Morgan fingerprint density at radius 2 is 1.69 bits per heavy atom. The van der Waals surface area contributed by atoms with Gasteiger partial charge in [-0.05, 0) is 76.8 Å². The second-order valence-corrected chi connectivity index (χ2v) is 10.6. The first-order chi connectivity index (χ1) is 18.5. The highest BCUT2D eigenvalue weighted by molar-refractivity contribution is 5.84. The standard InChI is InChI=1S/C28H34F3N7O/c1-18-16-37(17-19(2)36(18)5)27-34-33-26-15-32-23-9-7-21(14-24(23)38(26)27)20-8-10-25(22(13-20)28(29,30)31)39-12-6-11-35(3)4/h7-10,13-15,18-19H,6,11-12,16-17H2,1-5H3/t18-,19+. The zero-order valence-corrected chi connectivity index (χ0v) is 22.9. The molecule has 0 aliphatic carbocycles. The summed E-state index contributed by atoms with van der Waals surface area (Å²) in [6.45, 7) is 6.87. The van der Waals surface area contributed by atoms with Gasteiger partial charge in [-0.2, -0.15) is 13.2 Å². The molecule has 0 unspecified atom stereocenters. The number of hydrogen-bond acceptors (Lipinski definition) is 7. The summed E-state index contributed by atoms with van der Waals surface area (Å²) in [5, 5.41) is 8.83. The number of anilines is 1. The van der Waals surface area contributed by atoms with Gasteiger partial charge < -0.3 is 14.5 Å². The number of hydrogen-bond donors (Lipinski definition) is 0. The summed E-state index contributed by atoms with van der Waals surface area (Å²) < 4.78 is 49.6. The van der Waals surface area contributed by atoms with E-state index < -0.39 is 11.7 Å². The average molecular weight is 542 g/mol. The molecule has 0 saturated carbocycles. The first-order valence-electron chi connectivity index (χ1n) is 13.1. The Bertz CT molecular complexity index is 1460. The Labute approximate surface area is 226 Å². The van der Waals surface area contributed by atoms with Crippen molar-refractivity contribution in [3.8, 4) is 16.9 Å². The molecule has 1 saturated heterocycles. The molecule has 3 heterocycles. The number of ether oxygens (including phenoxy) is 1. The molecular formula is C28H34F3N7O. The molecule has 1 aliphatic rings. The molecule has 0 spiro atoms. The van der Waals surface area contributed by atoms with Crippen molar-refractivity contribution in [2.45, 2.75) is 38.5 Å². The van der Waals surface area contributed by atoms with E-state index in [4.69, 9.17) is 4.74 Å². The molecule has 1 aliphatic heterocycles. The van der Waals surface area contributed by atoms with Crippen molar-refractivity contribution < 1.29 is 17.9 Å². The Kier molecular flexibility index (Phi) is 7.39. The third-order valence-electron chi connectivity index (χ3n) is 7.47. The van der Waals surface area contributed by atoms with Gasteiger partial charge in [-0.3, -0.25) is 14.3 Å². The van der Waals surface area contributed by atoms with Crippen molar-refractivity contribution in [2.24, 2.45) is 0 Å². The lowest BCUT2D eigenvalue weighted by atomic mass is 10.0. The van der Waals surface area contributed by atoms with Gasteiger partial charge in [0.1, 0.15) is 5.75 Å². The first-order valence-corrected chi connectivity index (χ1v) is 13.1. The fourth-order valence-electron chi connectivity index (χ4n) is 5.11. The van der Waals surface area contributed by atoms with Gasteiger partial charge in [-0.15, -0.1) is 10.2 Å². The largest absolute Gasteiger partial charge is 0.493 e. The number of halogens is 3. The maximum atomic E-state index is 14.0. The molecule has 1 fully saturated rings. The normalized spacial score (nSPS) is 18.9. The summed E-state index contributed by atoms with van der Waals surface area (Å²) in [7, 11) is 5.95. The number of piperazine rings is 1. The zero-order chi connectivity index (χ0) is 27.9. The van der Waals surface area contributed by atoms with Crippen LogP contribution in [0, 0.1) is 0 Å². The fourth-order valence-corrected chi connectivity index (χ4v) is 5.11. The van der Waals surface area contributed by atoms with Crippen LogP contribution in [-0.4, -0.2) is 88.8 Å². The summed E-state index contributed by atoms with van der Waals surface area (Å²) in [6.07, 6.45) is -2.24. The minimum atomic E-state index is -4.55. The van der Waals surface area contributed by atoms with E-state index >= 15 is 0 Å². The predicted molar refractivity (Wildman–Crippen MR) is 146 cm³/mol. The molecule has 2 atom stereocenters. The number of nitrogens with zero attached hydrogens (tertiary/aromatic N) is 7. The number of benzene rings is 2. The third kappa shape index (κ3) is 5.51. The number of rotatable bonds is 7. The van der Waals surface area contributed by atoms with Crippen LogP contribution in [0.25, 0.3) is 27.8 Å². The molecular weight excluding hydrogens is 507 g/mol. The summed E-state index contributed by atoms with van der Waals surface area (Å²) >= 11 is 0. The van der Waals surface area contributed by atoms with Gasteiger partial charge >= 0.3 is 6.18 Å². The maximum Gasteiger partial charge on any atom is 0.419 e. The topological polar surface area (TPSA) is 62.0 Å². The molecule has 0 bridgehead atoms. The van der Waals surface area contributed by atoms with Crippen LogP contribution >= 0.6 is 0 Å². The number of fused-ring (bicyclic) bond motifs is 3. The van der Waals surface area contributed by atoms with E-state index in [-0.39, 0.29) is 12.4 Å². The SMILES string of the molecule is C[C@@H]1CN(c2nnc3cnc4ccc(-c5ccc(OCCCN(C)C)c(C(F)(F)F)c5)cc4n23)C[C@H](C)N1C. The van der Waals surface area contributed by atoms with E-state index in [1.54, 1.807) is 18.3 Å². The van der Waals surface area contributed by atoms with Crippen LogP contribution in [0.5, 0.6) is 5.75 Å². The molecule has 0 N–H and O–H groups in total. The lowest BCUT2D eigenvalue weighted by molar-refractivity contribution is -0.138. The van der Waals surface area contributed by atoms with Crippen LogP contribution in [0.1, 0.15) is 25.8 Å². The summed E-state index contributed by atoms with van der Waals surface area (Å²) in [5.41, 5.74) is 2.33. The van der Waals surface area contributed by atoms with Crippen LogP contribution in [-0.2, 0) is 6.18 Å². The smallest absolute Gasteiger partial charge is 0.419 e. The van der Waals surface area contributed by atoms with Crippen molar-refractivity contribution in [1.29, 1.82) is 0 Å². The van der Waals surface area contributed by atoms with Crippen LogP contribution in [0.2, 0.25) is 0 Å². The Morgan fingerprint density at radius 1 is 1.00 bits per heavy atom. The molecule has 11 heteroatoms. The first kappa shape index (κ1) is 27.1. The van der Waals surface area contributed by atoms with Crippen molar-refractivity contribution in [3.05, 3.63) is 48.2 Å². The minimum absolute atomic E-state index is 0.158. The molecule has 0 radical (unpaired) electrons. The molecule has 5 rings (SSSR count). The molecule has 39 heavy (non-hydrogen) atoms. The highest BCUT2D eigenvalue weighted by Gasteiger charge is 2.35. The average Bonchev–Trinajstić information content (AvgIpc) is 3.33. The van der Waals surface area contributed by atoms with Crippen molar-refractivity contribution >= 4 is 22.6 Å². The van der Waals surface area contributed by atoms with E-state index in [1.807, 2.05) is 35.5 Å². The summed E-state index contributed by atoms with van der Waals surface area (Å²) in [5.74, 6) is 0.549. The van der Waals surface area contributed by atoms with E-state index in [1.165, 1.54) is 6.07 Å². The second-order valence-electron chi connectivity index (χ2n) is 10.6. The van der Waals surface area contributed by atoms with Gasteiger partial charge in [0.2, 0.25) is 5.95 Å². The predicted octanol–water partition coefficient (Wildman–Crippen LogP) is 4.82. The summed E-state index contributed by atoms with van der Waals surface area (Å²) in [6, 6.07) is 10.4. The lowest BCUT2D eigenvalue weighted by Crippen LogP contribution is -2.55. The van der Waals surface area contributed by atoms with Gasteiger partial charge in [0, 0.05) is 31.7 Å². The molecule has 4 aromatic rings. The Balaban J connectivity index is 1.53. The van der Waals surface area contributed by atoms with Gasteiger partial charge in [0.05, 0.1) is 29.4 Å².